The minimum atomic E-state index is 0.286. The SMILES string of the molecule is SC1COCOC1. The second kappa shape index (κ2) is 2.55. The number of hydrogen-bond acceptors (Lipinski definition) is 3. The normalized spacial score (nSPS) is 25.3. The Morgan fingerprint density at radius 2 is 1.86 bits per heavy atom. The first-order valence-corrected chi connectivity index (χ1v) is 2.75. The quantitative estimate of drug-likeness (QED) is 0.463. The molecule has 0 bridgehead atoms. The summed E-state index contributed by atoms with van der Waals surface area (Å²) < 4.78 is 9.77. The Morgan fingerprint density at radius 3 is 2.14 bits per heavy atom. The van der Waals surface area contributed by atoms with E-state index in [0.29, 0.717) is 6.79 Å². The van der Waals surface area contributed by atoms with Crippen LogP contribution in [0.1, 0.15) is 0 Å². The maximum atomic E-state index is 4.88. The summed E-state index contributed by atoms with van der Waals surface area (Å²) in [5.41, 5.74) is 0. The van der Waals surface area contributed by atoms with Crippen LogP contribution < -0.4 is 0 Å². The molecule has 0 radical (unpaired) electrons. The zero-order valence-electron chi connectivity index (χ0n) is 3.96. The second-order valence-corrected chi connectivity index (χ2v) is 2.24. The van der Waals surface area contributed by atoms with Gasteiger partial charge in [-0.2, -0.15) is 12.6 Å². The fraction of sp³-hybridized carbons (Fsp3) is 1.00. The molecule has 0 aromatic heterocycles. The second-order valence-electron chi connectivity index (χ2n) is 1.51. The van der Waals surface area contributed by atoms with E-state index >= 15 is 0 Å². The van der Waals surface area contributed by atoms with Crippen molar-refractivity contribution in [2.75, 3.05) is 20.0 Å². The maximum Gasteiger partial charge on any atom is 0.146 e. The summed E-state index contributed by atoms with van der Waals surface area (Å²) in [6.45, 7) is 1.89. The Hall–Kier alpha value is 0.270. The van der Waals surface area contributed by atoms with E-state index in [1.54, 1.807) is 0 Å². The number of ether oxygens (including phenoxy) is 2. The van der Waals surface area contributed by atoms with Crippen LogP contribution in [0.2, 0.25) is 0 Å². The van der Waals surface area contributed by atoms with E-state index in [9.17, 15) is 0 Å². The van der Waals surface area contributed by atoms with Crippen LogP contribution in [0.5, 0.6) is 0 Å². The summed E-state index contributed by atoms with van der Waals surface area (Å²) in [7, 11) is 0. The van der Waals surface area contributed by atoms with E-state index in [-0.39, 0.29) is 5.25 Å². The van der Waals surface area contributed by atoms with Gasteiger partial charge in [-0.05, 0) is 0 Å². The van der Waals surface area contributed by atoms with E-state index in [0.717, 1.165) is 13.2 Å². The van der Waals surface area contributed by atoms with Crippen molar-refractivity contribution >= 4 is 12.6 Å². The van der Waals surface area contributed by atoms with Gasteiger partial charge in [0.05, 0.1) is 13.2 Å². The van der Waals surface area contributed by atoms with Crippen LogP contribution in [-0.2, 0) is 9.47 Å². The van der Waals surface area contributed by atoms with Crippen molar-refractivity contribution in [3.63, 3.8) is 0 Å². The third-order valence-electron chi connectivity index (χ3n) is 0.787. The summed E-state index contributed by atoms with van der Waals surface area (Å²) in [4.78, 5) is 0. The van der Waals surface area contributed by atoms with E-state index < -0.39 is 0 Å². The monoisotopic (exact) mass is 120 g/mol. The number of rotatable bonds is 0. The molecule has 1 fully saturated rings. The van der Waals surface area contributed by atoms with Crippen molar-refractivity contribution in [3.8, 4) is 0 Å². The molecule has 42 valence electrons. The molecular formula is C4H8O2S. The highest BCUT2D eigenvalue weighted by Gasteiger charge is 2.07. The molecule has 2 nitrogen and oxygen atoms in total. The smallest absolute Gasteiger partial charge is 0.146 e. The van der Waals surface area contributed by atoms with Gasteiger partial charge in [0.2, 0.25) is 0 Å². The molecule has 7 heavy (non-hydrogen) atoms. The lowest BCUT2D eigenvalue weighted by atomic mass is 10.5. The van der Waals surface area contributed by atoms with Crippen LogP contribution in [0.25, 0.3) is 0 Å². The van der Waals surface area contributed by atoms with Crippen molar-refractivity contribution in [1.82, 2.24) is 0 Å². The molecular weight excluding hydrogens is 112 g/mol. The molecule has 0 aliphatic carbocycles. The first kappa shape index (κ1) is 5.41. The van der Waals surface area contributed by atoms with Gasteiger partial charge >= 0.3 is 0 Å². The van der Waals surface area contributed by atoms with E-state index in [1.807, 2.05) is 0 Å². The van der Waals surface area contributed by atoms with Crippen molar-refractivity contribution in [2.45, 2.75) is 5.25 Å². The van der Waals surface area contributed by atoms with Gasteiger partial charge in [0, 0.05) is 5.25 Å². The summed E-state index contributed by atoms with van der Waals surface area (Å²) in [6, 6.07) is 0. The fourth-order valence-corrected chi connectivity index (χ4v) is 0.686. The Bertz CT molecular complexity index is 51.7. The van der Waals surface area contributed by atoms with Crippen molar-refractivity contribution in [2.24, 2.45) is 0 Å². The molecule has 3 heteroatoms. The molecule has 1 heterocycles. The molecule has 1 rings (SSSR count). The van der Waals surface area contributed by atoms with Crippen molar-refractivity contribution in [3.05, 3.63) is 0 Å². The van der Waals surface area contributed by atoms with Gasteiger partial charge in [-0.3, -0.25) is 0 Å². The Morgan fingerprint density at radius 1 is 1.29 bits per heavy atom. The van der Waals surface area contributed by atoms with Gasteiger partial charge in [0.15, 0.2) is 0 Å². The molecule has 0 aromatic carbocycles. The third kappa shape index (κ3) is 1.67. The van der Waals surface area contributed by atoms with Crippen LogP contribution in [0, 0.1) is 0 Å². The summed E-state index contributed by atoms with van der Waals surface area (Å²) in [5, 5.41) is 0.286. The van der Waals surface area contributed by atoms with Gasteiger partial charge in [-0.25, -0.2) is 0 Å². The highest BCUT2D eigenvalue weighted by atomic mass is 32.1. The summed E-state index contributed by atoms with van der Waals surface area (Å²) in [6.07, 6.45) is 0. The molecule has 0 aromatic rings. The molecule has 1 aliphatic heterocycles. The molecule has 1 aliphatic rings. The van der Waals surface area contributed by atoms with Gasteiger partial charge in [-0.1, -0.05) is 0 Å². The number of hydrogen-bond donors (Lipinski definition) is 1. The highest BCUT2D eigenvalue weighted by molar-refractivity contribution is 7.81. The van der Waals surface area contributed by atoms with Crippen LogP contribution in [0.3, 0.4) is 0 Å². The standard InChI is InChI=1S/C4H8O2S/c7-4-1-5-3-6-2-4/h4,7H,1-3H2. The van der Waals surface area contributed by atoms with E-state index in [1.165, 1.54) is 0 Å². The lowest BCUT2D eigenvalue weighted by Gasteiger charge is -2.16. The Balaban J connectivity index is 2.12. The zero-order valence-corrected chi connectivity index (χ0v) is 4.86. The molecule has 1 saturated heterocycles. The molecule has 0 unspecified atom stereocenters. The molecule has 0 atom stereocenters. The van der Waals surface area contributed by atoms with Crippen LogP contribution in [0.15, 0.2) is 0 Å². The predicted octanol–water partition coefficient (Wildman–Crippen LogP) is 0.289. The molecule has 0 spiro atoms. The topological polar surface area (TPSA) is 18.5 Å². The molecule has 0 saturated carbocycles. The largest absolute Gasteiger partial charge is 0.354 e. The minimum Gasteiger partial charge on any atom is -0.354 e. The highest BCUT2D eigenvalue weighted by Crippen LogP contribution is 2.01. The van der Waals surface area contributed by atoms with Gasteiger partial charge < -0.3 is 9.47 Å². The number of thiol groups is 1. The minimum absolute atomic E-state index is 0.286. The first-order chi connectivity index (χ1) is 3.39. The van der Waals surface area contributed by atoms with Crippen molar-refractivity contribution in [1.29, 1.82) is 0 Å². The third-order valence-corrected chi connectivity index (χ3v) is 1.09. The first-order valence-electron chi connectivity index (χ1n) is 2.23. The fourth-order valence-electron chi connectivity index (χ4n) is 0.475. The van der Waals surface area contributed by atoms with Crippen molar-refractivity contribution < 1.29 is 9.47 Å². The summed E-state index contributed by atoms with van der Waals surface area (Å²) in [5.74, 6) is 0. The van der Waals surface area contributed by atoms with E-state index in [4.69, 9.17) is 9.47 Å². The average molecular weight is 120 g/mol. The Labute approximate surface area is 48.2 Å². The lowest BCUT2D eigenvalue weighted by molar-refractivity contribution is -0.0922. The average Bonchev–Trinajstić information content (AvgIpc) is 1.69. The van der Waals surface area contributed by atoms with Crippen LogP contribution in [-0.4, -0.2) is 25.3 Å². The molecule has 0 amide bonds. The summed E-state index contributed by atoms with van der Waals surface area (Å²) >= 11 is 4.11. The van der Waals surface area contributed by atoms with Gasteiger partial charge in [0.1, 0.15) is 6.79 Å². The zero-order chi connectivity index (χ0) is 5.11. The van der Waals surface area contributed by atoms with E-state index in [2.05, 4.69) is 12.6 Å². The lowest BCUT2D eigenvalue weighted by Crippen LogP contribution is -2.23. The van der Waals surface area contributed by atoms with Crippen LogP contribution in [0.4, 0.5) is 0 Å². The molecule has 0 N–H and O–H groups in total. The predicted molar refractivity (Wildman–Crippen MR) is 29.5 cm³/mol. The maximum absolute atomic E-state index is 4.88. The van der Waals surface area contributed by atoms with Gasteiger partial charge in [-0.15, -0.1) is 0 Å². The van der Waals surface area contributed by atoms with Crippen LogP contribution >= 0.6 is 12.6 Å². The Kier molecular flexibility index (Phi) is 1.97. The van der Waals surface area contributed by atoms with Gasteiger partial charge in [0.25, 0.3) is 0 Å².